The number of nitrogens with zero attached hydrogens (tertiary/aromatic N) is 2. The summed E-state index contributed by atoms with van der Waals surface area (Å²) in [5, 5.41) is 0.564. The van der Waals surface area contributed by atoms with Gasteiger partial charge in [0.15, 0.2) is 15.0 Å². The van der Waals surface area contributed by atoms with Gasteiger partial charge >= 0.3 is 0 Å². The minimum atomic E-state index is -3.02. The second kappa shape index (κ2) is 5.38. The number of rotatable bonds is 1. The number of anilines is 1. The third-order valence-corrected chi connectivity index (χ3v) is 7.15. The second-order valence-corrected chi connectivity index (χ2v) is 9.23. The summed E-state index contributed by atoms with van der Waals surface area (Å²) in [5.41, 5.74) is 3.08. The molecule has 0 saturated carbocycles. The summed E-state index contributed by atoms with van der Waals surface area (Å²) in [6.45, 7) is 5.40. The Kier molecular flexibility index (Phi) is 3.81. The molecule has 0 aromatic heterocycles. The molecule has 0 aliphatic carbocycles. The first-order valence-corrected chi connectivity index (χ1v) is 9.80. The SMILES string of the molecule is CC(=O)N=C1SC2CS(=O)(=O)CC2N1c1cc(C)ccc1C. The number of benzene rings is 1. The smallest absolute Gasteiger partial charge is 0.244 e. The molecule has 0 spiro atoms. The van der Waals surface area contributed by atoms with Crippen LogP contribution in [-0.4, -0.2) is 42.3 Å². The normalized spacial score (nSPS) is 28.1. The molecule has 7 heteroatoms. The lowest BCUT2D eigenvalue weighted by Crippen LogP contribution is -2.38. The van der Waals surface area contributed by atoms with Gasteiger partial charge in [-0.2, -0.15) is 4.99 Å². The van der Waals surface area contributed by atoms with Crippen LogP contribution < -0.4 is 4.90 Å². The number of carbonyl (C=O) groups is 1. The van der Waals surface area contributed by atoms with Crippen LogP contribution in [0.1, 0.15) is 18.1 Å². The molecule has 3 rings (SSSR count). The molecule has 2 saturated heterocycles. The molecule has 1 aromatic rings. The van der Waals surface area contributed by atoms with Gasteiger partial charge < -0.3 is 4.90 Å². The number of fused-ring (bicyclic) bond motifs is 1. The fourth-order valence-electron chi connectivity index (χ4n) is 2.96. The van der Waals surface area contributed by atoms with Gasteiger partial charge in [-0.15, -0.1) is 0 Å². The zero-order valence-corrected chi connectivity index (χ0v) is 14.4. The molecule has 2 fully saturated rings. The zero-order chi connectivity index (χ0) is 16.1. The molecule has 2 heterocycles. The maximum absolute atomic E-state index is 12.0. The number of hydrogen-bond acceptors (Lipinski definition) is 4. The second-order valence-electron chi connectivity index (χ2n) is 5.87. The lowest BCUT2D eigenvalue weighted by molar-refractivity contribution is -0.115. The Labute approximate surface area is 134 Å². The first kappa shape index (κ1) is 15.6. The van der Waals surface area contributed by atoms with Crippen molar-refractivity contribution < 1.29 is 13.2 Å². The van der Waals surface area contributed by atoms with E-state index in [9.17, 15) is 13.2 Å². The Bertz CT molecular complexity index is 771. The number of carbonyl (C=O) groups excluding carboxylic acids is 1. The summed E-state index contributed by atoms with van der Waals surface area (Å²) in [5.74, 6) is 0.0101. The summed E-state index contributed by atoms with van der Waals surface area (Å²) in [7, 11) is -3.02. The van der Waals surface area contributed by atoms with Gasteiger partial charge in [0.2, 0.25) is 5.91 Å². The zero-order valence-electron chi connectivity index (χ0n) is 12.7. The van der Waals surface area contributed by atoms with E-state index in [1.165, 1.54) is 18.7 Å². The van der Waals surface area contributed by atoms with Crippen LogP contribution in [0.25, 0.3) is 0 Å². The number of aryl methyl sites for hydroxylation is 2. The monoisotopic (exact) mass is 338 g/mol. The number of amides is 1. The van der Waals surface area contributed by atoms with Crippen LogP contribution in [-0.2, 0) is 14.6 Å². The molecule has 2 aliphatic heterocycles. The maximum atomic E-state index is 12.0. The van der Waals surface area contributed by atoms with E-state index < -0.39 is 9.84 Å². The summed E-state index contributed by atoms with van der Waals surface area (Å²) in [6.07, 6.45) is 0. The van der Waals surface area contributed by atoms with Gasteiger partial charge in [0, 0.05) is 17.9 Å². The Hall–Kier alpha value is -1.34. The molecule has 0 radical (unpaired) electrons. The van der Waals surface area contributed by atoms with Crippen molar-refractivity contribution in [2.24, 2.45) is 4.99 Å². The van der Waals surface area contributed by atoms with E-state index in [1.54, 1.807) is 0 Å². The van der Waals surface area contributed by atoms with Crippen molar-refractivity contribution in [2.45, 2.75) is 32.1 Å². The maximum Gasteiger partial charge on any atom is 0.244 e. The van der Waals surface area contributed by atoms with Crippen LogP contribution >= 0.6 is 11.8 Å². The molecule has 118 valence electrons. The minimum absolute atomic E-state index is 0.0528. The molecule has 0 bridgehead atoms. The van der Waals surface area contributed by atoms with Gasteiger partial charge in [-0.3, -0.25) is 4.79 Å². The Balaban J connectivity index is 2.10. The van der Waals surface area contributed by atoms with Crippen LogP contribution in [0.3, 0.4) is 0 Å². The van der Waals surface area contributed by atoms with E-state index in [0.29, 0.717) is 5.17 Å². The molecule has 2 atom stereocenters. The van der Waals surface area contributed by atoms with E-state index in [4.69, 9.17) is 0 Å². The van der Waals surface area contributed by atoms with Crippen molar-refractivity contribution in [2.75, 3.05) is 16.4 Å². The van der Waals surface area contributed by atoms with Crippen LogP contribution in [0.4, 0.5) is 5.69 Å². The molecule has 2 aliphatic rings. The van der Waals surface area contributed by atoms with Gasteiger partial charge in [-0.1, -0.05) is 23.9 Å². The molecule has 2 unspecified atom stereocenters. The summed E-state index contributed by atoms with van der Waals surface area (Å²) in [4.78, 5) is 17.5. The van der Waals surface area contributed by atoms with Gasteiger partial charge in [0.25, 0.3) is 0 Å². The highest BCUT2D eigenvalue weighted by Gasteiger charge is 2.49. The van der Waals surface area contributed by atoms with Crippen molar-refractivity contribution >= 4 is 38.4 Å². The van der Waals surface area contributed by atoms with Crippen molar-refractivity contribution in [1.82, 2.24) is 0 Å². The number of sulfone groups is 1. The third-order valence-electron chi connectivity index (χ3n) is 3.94. The highest BCUT2D eigenvalue weighted by atomic mass is 32.2. The Morgan fingerprint density at radius 2 is 2.05 bits per heavy atom. The lowest BCUT2D eigenvalue weighted by Gasteiger charge is -2.26. The van der Waals surface area contributed by atoms with Crippen LogP contribution in [0.5, 0.6) is 0 Å². The number of aliphatic imine (C=N–C) groups is 1. The Morgan fingerprint density at radius 1 is 1.32 bits per heavy atom. The van der Waals surface area contributed by atoms with Crippen LogP contribution in [0.2, 0.25) is 0 Å². The highest BCUT2D eigenvalue weighted by molar-refractivity contribution is 8.16. The van der Waals surface area contributed by atoms with E-state index in [1.807, 2.05) is 36.9 Å². The quantitative estimate of drug-likeness (QED) is 0.783. The van der Waals surface area contributed by atoms with E-state index >= 15 is 0 Å². The average molecular weight is 338 g/mol. The van der Waals surface area contributed by atoms with Gasteiger partial charge in [0.05, 0.1) is 17.5 Å². The summed E-state index contributed by atoms with van der Waals surface area (Å²) < 4.78 is 23.9. The summed E-state index contributed by atoms with van der Waals surface area (Å²) >= 11 is 1.41. The number of thioether (sulfide) groups is 1. The van der Waals surface area contributed by atoms with Crippen molar-refractivity contribution in [3.05, 3.63) is 29.3 Å². The standard InChI is InChI=1S/C15H18N2O3S2/c1-9-4-5-10(2)12(6-9)17-13-7-22(19,20)8-14(13)21-15(17)16-11(3)18/h4-6,13-14H,7-8H2,1-3H3. The largest absolute Gasteiger partial charge is 0.315 e. The van der Waals surface area contributed by atoms with E-state index in [2.05, 4.69) is 4.99 Å². The van der Waals surface area contributed by atoms with Gasteiger partial charge in [-0.25, -0.2) is 8.42 Å². The van der Waals surface area contributed by atoms with E-state index in [0.717, 1.165) is 16.8 Å². The van der Waals surface area contributed by atoms with Gasteiger partial charge in [0.1, 0.15) is 0 Å². The predicted molar refractivity (Wildman–Crippen MR) is 90.3 cm³/mol. The number of amidine groups is 1. The first-order valence-electron chi connectivity index (χ1n) is 7.10. The average Bonchev–Trinajstić information content (AvgIpc) is 2.83. The first-order chi connectivity index (χ1) is 10.3. The molecule has 22 heavy (non-hydrogen) atoms. The highest BCUT2D eigenvalue weighted by Crippen LogP contribution is 2.42. The Morgan fingerprint density at radius 3 is 2.73 bits per heavy atom. The molecule has 1 amide bonds. The molecule has 1 aromatic carbocycles. The third kappa shape index (κ3) is 2.79. The molecular weight excluding hydrogens is 320 g/mol. The van der Waals surface area contributed by atoms with E-state index in [-0.39, 0.29) is 28.7 Å². The van der Waals surface area contributed by atoms with Crippen molar-refractivity contribution in [3.8, 4) is 0 Å². The van der Waals surface area contributed by atoms with Gasteiger partial charge in [-0.05, 0) is 31.0 Å². The van der Waals surface area contributed by atoms with Crippen LogP contribution in [0, 0.1) is 13.8 Å². The van der Waals surface area contributed by atoms with Crippen LogP contribution in [0.15, 0.2) is 23.2 Å². The van der Waals surface area contributed by atoms with Crippen molar-refractivity contribution in [3.63, 3.8) is 0 Å². The molecule has 5 nitrogen and oxygen atoms in total. The topological polar surface area (TPSA) is 66.8 Å². The molecule has 0 N–H and O–H groups in total. The fourth-order valence-corrected chi connectivity index (χ4v) is 6.91. The summed E-state index contributed by atoms with van der Waals surface area (Å²) in [6, 6.07) is 5.91. The fraction of sp³-hybridized carbons (Fsp3) is 0.467. The lowest BCUT2D eigenvalue weighted by atomic mass is 10.1. The van der Waals surface area contributed by atoms with Crippen molar-refractivity contribution in [1.29, 1.82) is 0 Å². The minimum Gasteiger partial charge on any atom is -0.315 e. The number of hydrogen-bond donors (Lipinski definition) is 0. The predicted octanol–water partition coefficient (Wildman–Crippen LogP) is 1.92. The molecular formula is C15H18N2O3S2.